The van der Waals surface area contributed by atoms with Gasteiger partial charge in [-0.05, 0) is 28.5 Å². The van der Waals surface area contributed by atoms with Crippen LogP contribution >= 0.6 is 0 Å². The van der Waals surface area contributed by atoms with E-state index in [9.17, 15) is 19.7 Å². The average Bonchev–Trinajstić information content (AvgIpc) is 2.67. The molecular formula is C20H16N2O5. The highest BCUT2D eigenvalue weighted by atomic mass is 16.7. The Morgan fingerprint density at radius 3 is 2.33 bits per heavy atom. The minimum atomic E-state index is -0.765. The molecule has 0 bridgehead atoms. The van der Waals surface area contributed by atoms with E-state index in [2.05, 4.69) is 0 Å². The van der Waals surface area contributed by atoms with Crippen LogP contribution in [0.4, 0.5) is 5.69 Å². The molecule has 0 saturated carbocycles. The molecule has 27 heavy (non-hydrogen) atoms. The number of non-ortho nitro benzene ring substituents is 1. The molecule has 7 nitrogen and oxygen atoms in total. The highest BCUT2D eigenvalue weighted by Crippen LogP contribution is 2.17. The van der Waals surface area contributed by atoms with E-state index in [-0.39, 0.29) is 23.6 Å². The van der Waals surface area contributed by atoms with E-state index in [1.165, 1.54) is 31.3 Å². The van der Waals surface area contributed by atoms with Gasteiger partial charge in [0.15, 0.2) is 0 Å². The Bertz CT molecular complexity index is 1010. The zero-order valence-corrected chi connectivity index (χ0v) is 14.5. The van der Waals surface area contributed by atoms with E-state index in [4.69, 9.17) is 4.84 Å². The molecular weight excluding hydrogens is 348 g/mol. The fraction of sp³-hybridized carbons (Fsp3) is 0.100. The number of hydroxylamine groups is 2. The first-order chi connectivity index (χ1) is 12.9. The van der Waals surface area contributed by atoms with Crippen molar-refractivity contribution in [2.45, 2.75) is 6.42 Å². The first-order valence-electron chi connectivity index (χ1n) is 8.15. The Labute approximate surface area is 154 Å². The van der Waals surface area contributed by atoms with E-state index in [1.807, 2.05) is 42.5 Å². The van der Waals surface area contributed by atoms with E-state index in [1.54, 1.807) is 0 Å². The van der Waals surface area contributed by atoms with Crippen molar-refractivity contribution in [1.82, 2.24) is 5.06 Å². The minimum absolute atomic E-state index is 0.0782. The van der Waals surface area contributed by atoms with Gasteiger partial charge in [-0.15, -0.1) is 0 Å². The molecule has 0 atom stereocenters. The van der Waals surface area contributed by atoms with Crippen LogP contribution in [0, 0.1) is 10.1 Å². The number of fused-ring (bicyclic) bond motifs is 1. The molecule has 1 amide bonds. The van der Waals surface area contributed by atoms with Gasteiger partial charge in [-0.25, -0.2) is 4.79 Å². The van der Waals surface area contributed by atoms with Gasteiger partial charge in [0, 0.05) is 19.2 Å². The van der Waals surface area contributed by atoms with Crippen LogP contribution in [0.3, 0.4) is 0 Å². The molecule has 0 saturated heterocycles. The zero-order chi connectivity index (χ0) is 19.4. The molecule has 0 aliphatic rings. The second kappa shape index (κ2) is 7.65. The van der Waals surface area contributed by atoms with Crippen molar-refractivity contribution in [2.75, 3.05) is 7.05 Å². The maximum Gasteiger partial charge on any atom is 0.363 e. The van der Waals surface area contributed by atoms with Crippen molar-refractivity contribution < 1.29 is 19.3 Å². The zero-order valence-electron chi connectivity index (χ0n) is 14.5. The molecule has 3 aromatic rings. The largest absolute Gasteiger partial charge is 0.363 e. The molecule has 3 aromatic carbocycles. The Morgan fingerprint density at radius 2 is 1.67 bits per heavy atom. The molecule has 0 heterocycles. The summed E-state index contributed by atoms with van der Waals surface area (Å²) < 4.78 is 0. The van der Waals surface area contributed by atoms with Crippen LogP contribution in [-0.4, -0.2) is 28.9 Å². The van der Waals surface area contributed by atoms with Crippen LogP contribution in [0.5, 0.6) is 0 Å². The quantitative estimate of drug-likeness (QED) is 0.522. The Morgan fingerprint density at radius 1 is 1.00 bits per heavy atom. The number of nitrogens with zero attached hydrogens (tertiary/aromatic N) is 2. The number of carbonyl (C=O) groups is 2. The van der Waals surface area contributed by atoms with Crippen LogP contribution < -0.4 is 0 Å². The van der Waals surface area contributed by atoms with Gasteiger partial charge in [-0.1, -0.05) is 42.5 Å². The van der Waals surface area contributed by atoms with Crippen LogP contribution in [-0.2, 0) is 16.1 Å². The maximum atomic E-state index is 12.3. The van der Waals surface area contributed by atoms with Gasteiger partial charge < -0.3 is 4.84 Å². The standard InChI is InChI=1S/C20H16N2O5/c1-21(27-20(24)16-8-10-18(11-9-16)22(25)26)19(23)13-14-6-7-15-4-2-3-5-17(15)12-14/h2-12H,13H2,1H3. The van der Waals surface area contributed by atoms with Crippen molar-refractivity contribution in [3.8, 4) is 0 Å². The molecule has 0 aliphatic heterocycles. The number of nitro benzene ring substituents is 1. The molecule has 3 rings (SSSR count). The summed E-state index contributed by atoms with van der Waals surface area (Å²) in [4.78, 5) is 39.5. The van der Waals surface area contributed by atoms with E-state index < -0.39 is 10.9 Å². The van der Waals surface area contributed by atoms with Crippen molar-refractivity contribution in [3.05, 3.63) is 88.0 Å². The molecule has 0 radical (unpaired) electrons. The molecule has 0 fully saturated rings. The maximum absolute atomic E-state index is 12.3. The Balaban J connectivity index is 1.63. The highest BCUT2D eigenvalue weighted by molar-refractivity contribution is 5.91. The van der Waals surface area contributed by atoms with E-state index in [0.29, 0.717) is 0 Å². The summed E-state index contributed by atoms with van der Waals surface area (Å²) in [5, 5.41) is 13.6. The predicted octanol–water partition coefficient (Wildman–Crippen LogP) is 3.52. The van der Waals surface area contributed by atoms with Crippen molar-refractivity contribution >= 4 is 28.3 Å². The second-order valence-electron chi connectivity index (χ2n) is 5.93. The summed E-state index contributed by atoms with van der Waals surface area (Å²) in [6, 6.07) is 18.5. The summed E-state index contributed by atoms with van der Waals surface area (Å²) in [6.45, 7) is 0. The molecule has 0 unspecified atom stereocenters. The van der Waals surface area contributed by atoms with E-state index in [0.717, 1.165) is 21.4 Å². The average molecular weight is 364 g/mol. The monoisotopic (exact) mass is 364 g/mol. The predicted molar refractivity (Wildman–Crippen MR) is 98.9 cm³/mol. The third kappa shape index (κ3) is 4.27. The number of benzene rings is 3. The molecule has 136 valence electrons. The minimum Gasteiger partial charge on any atom is -0.333 e. The SMILES string of the molecule is CN(OC(=O)c1ccc([N+](=O)[O-])cc1)C(=O)Cc1ccc2ccccc2c1. The molecule has 0 aromatic heterocycles. The van der Waals surface area contributed by atoms with Crippen molar-refractivity contribution in [3.63, 3.8) is 0 Å². The Kier molecular flexibility index (Phi) is 5.12. The number of nitro groups is 1. The summed E-state index contributed by atoms with van der Waals surface area (Å²) in [5.74, 6) is -1.15. The van der Waals surface area contributed by atoms with Crippen LogP contribution in [0.25, 0.3) is 10.8 Å². The van der Waals surface area contributed by atoms with Crippen LogP contribution in [0.1, 0.15) is 15.9 Å². The van der Waals surface area contributed by atoms with Gasteiger partial charge in [0.2, 0.25) is 0 Å². The number of hydrogen-bond acceptors (Lipinski definition) is 5. The molecule has 0 spiro atoms. The summed E-state index contributed by atoms with van der Waals surface area (Å²) >= 11 is 0. The number of amides is 1. The van der Waals surface area contributed by atoms with Crippen molar-refractivity contribution in [1.29, 1.82) is 0 Å². The second-order valence-corrected chi connectivity index (χ2v) is 5.93. The lowest BCUT2D eigenvalue weighted by molar-refractivity contribution is -0.384. The van der Waals surface area contributed by atoms with Crippen LogP contribution in [0.2, 0.25) is 0 Å². The van der Waals surface area contributed by atoms with Crippen LogP contribution in [0.15, 0.2) is 66.7 Å². The van der Waals surface area contributed by atoms with Gasteiger partial charge in [-0.3, -0.25) is 14.9 Å². The van der Waals surface area contributed by atoms with Gasteiger partial charge in [0.25, 0.3) is 11.6 Å². The lowest BCUT2D eigenvalue weighted by atomic mass is 10.1. The highest BCUT2D eigenvalue weighted by Gasteiger charge is 2.17. The van der Waals surface area contributed by atoms with Gasteiger partial charge in [0.1, 0.15) is 0 Å². The van der Waals surface area contributed by atoms with Gasteiger partial charge in [0.05, 0.1) is 16.9 Å². The van der Waals surface area contributed by atoms with Gasteiger partial charge in [-0.2, -0.15) is 5.06 Å². The normalized spacial score (nSPS) is 10.4. The third-order valence-corrected chi connectivity index (χ3v) is 4.05. The lowest BCUT2D eigenvalue weighted by Crippen LogP contribution is -2.31. The summed E-state index contributed by atoms with van der Waals surface area (Å²) in [7, 11) is 1.35. The smallest absolute Gasteiger partial charge is 0.333 e. The number of rotatable bonds is 4. The first kappa shape index (κ1) is 18.1. The topological polar surface area (TPSA) is 89.8 Å². The number of carbonyl (C=O) groups excluding carboxylic acids is 2. The lowest BCUT2D eigenvalue weighted by Gasteiger charge is -2.16. The van der Waals surface area contributed by atoms with Crippen molar-refractivity contribution in [2.24, 2.45) is 0 Å². The van der Waals surface area contributed by atoms with E-state index >= 15 is 0 Å². The number of hydrogen-bond donors (Lipinski definition) is 0. The molecule has 0 aliphatic carbocycles. The summed E-state index contributed by atoms with van der Waals surface area (Å²) in [6.07, 6.45) is 0.0782. The number of likely N-dealkylation sites (N-methyl/N-ethyl adjacent to an activating group) is 1. The molecule has 0 N–H and O–H groups in total. The fourth-order valence-corrected chi connectivity index (χ4v) is 2.58. The molecule has 7 heteroatoms. The summed E-state index contributed by atoms with van der Waals surface area (Å²) in [5.41, 5.74) is 0.787. The first-order valence-corrected chi connectivity index (χ1v) is 8.15. The fourth-order valence-electron chi connectivity index (χ4n) is 2.58. The Hall–Kier alpha value is -3.74. The van der Waals surface area contributed by atoms with Gasteiger partial charge >= 0.3 is 5.97 Å². The third-order valence-electron chi connectivity index (χ3n) is 4.05.